The van der Waals surface area contributed by atoms with Crippen LogP contribution in [-0.2, 0) is 12.8 Å². The third-order valence-corrected chi connectivity index (χ3v) is 5.08. The van der Waals surface area contributed by atoms with Crippen LogP contribution in [0.3, 0.4) is 0 Å². The molecule has 6 heteroatoms. The molecule has 0 aliphatic rings. The summed E-state index contributed by atoms with van der Waals surface area (Å²) in [5.41, 5.74) is 5.37. The third kappa shape index (κ3) is 2.44. The van der Waals surface area contributed by atoms with Crippen molar-refractivity contribution in [1.29, 1.82) is 0 Å². The number of fused-ring (bicyclic) bond motifs is 1. The van der Waals surface area contributed by atoms with Crippen LogP contribution in [0, 0.1) is 0 Å². The van der Waals surface area contributed by atoms with Crippen molar-refractivity contribution in [3.8, 4) is 0 Å². The maximum absolute atomic E-state index is 5.73. The Morgan fingerprint density at radius 1 is 1.42 bits per heavy atom. The van der Waals surface area contributed by atoms with Crippen molar-refractivity contribution in [1.82, 2.24) is 14.8 Å². The maximum Gasteiger partial charge on any atom is 0.193 e. The Morgan fingerprint density at radius 2 is 2.32 bits per heavy atom. The summed E-state index contributed by atoms with van der Waals surface area (Å²) >= 11 is 3.41. The number of hydrogen-bond donors (Lipinski definition) is 2. The first-order chi connectivity index (χ1) is 9.31. The summed E-state index contributed by atoms with van der Waals surface area (Å²) in [5, 5.41) is 4.17. The largest absolute Gasteiger partial charge is 0.297 e. The van der Waals surface area contributed by atoms with E-state index in [1.165, 1.54) is 10.4 Å². The fraction of sp³-hybridized carbons (Fsp3) is 0.308. The molecule has 0 aliphatic carbocycles. The Morgan fingerprint density at radius 3 is 3.05 bits per heavy atom. The van der Waals surface area contributed by atoms with Crippen LogP contribution in [-0.4, -0.2) is 9.38 Å². The van der Waals surface area contributed by atoms with Gasteiger partial charge in [0.1, 0.15) is 0 Å². The summed E-state index contributed by atoms with van der Waals surface area (Å²) in [6.07, 6.45) is 5.97. The monoisotopic (exact) mass is 292 g/mol. The van der Waals surface area contributed by atoms with Gasteiger partial charge in [0.05, 0.1) is 11.7 Å². The van der Waals surface area contributed by atoms with Crippen LogP contribution < -0.4 is 11.3 Å². The molecule has 3 heterocycles. The molecule has 4 nitrogen and oxygen atoms in total. The van der Waals surface area contributed by atoms with E-state index in [9.17, 15) is 0 Å². The van der Waals surface area contributed by atoms with E-state index in [2.05, 4.69) is 39.4 Å². The van der Waals surface area contributed by atoms with Gasteiger partial charge in [-0.25, -0.2) is 4.98 Å². The standard InChI is InChI=1S/C13H16N4S2/c1-2-9-3-5-18-12(9)11(16-14)7-10-8-17-4-6-19-13(17)15-10/h3-6,8,11,16H,2,7,14H2,1H3. The SMILES string of the molecule is CCc1ccsc1C(Cc1cn2ccsc2n1)NN. The third-order valence-electron chi connectivity index (χ3n) is 3.24. The molecule has 0 aromatic carbocycles. The molecule has 0 fully saturated rings. The number of aromatic nitrogens is 2. The lowest BCUT2D eigenvalue weighted by atomic mass is 10.1. The van der Waals surface area contributed by atoms with Crippen LogP contribution >= 0.6 is 22.7 Å². The number of hydrogen-bond acceptors (Lipinski definition) is 5. The van der Waals surface area contributed by atoms with E-state index in [4.69, 9.17) is 5.84 Å². The highest BCUT2D eigenvalue weighted by Crippen LogP contribution is 2.27. The average Bonchev–Trinajstić information content (AvgIpc) is 3.10. The van der Waals surface area contributed by atoms with Crippen LogP contribution in [0.4, 0.5) is 0 Å². The Bertz CT molecular complexity index is 638. The summed E-state index contributed by atoms with van der Waals surface area (Å²) in [6.45, 7) is 2.17. The van der Waals surface area contributed by atoms with Gasteiger partial charge in [-0.05, 0) is 23.4 Å². The van der Waals surface area contributed by atoms with Gasteiger partial charge in [0.2, 0.25) is 0 Å². The number of nitrogens with zero attached hydrogens (tertiary/aromatic N) is 2. The maximum atomic E-state index is 5.73. The van der Waals surface area contributed by atoms with Crippen molar-refractivity contribution in [2.45, 2.75) is 25.8 Å². The van der Waals surface area contributed by atoms with Gasteiger partial charge in [0, 0.05) is 29.1 Å². The van der Waals surface area contributed by atoms with E-state index in [1.54, 1.807) is 22.7 Å². The van der Waals surface area contributed by atoms with Crippen molar-refractivity contribution in [2.75, 3.05) is 0 Å². The number of imidazole rings is 1. The highest BCUT2D eigenvalue weighted by atomic mass is 32.1. The molecule has 0 saturated heterocycles. The van der Waals surface area contributed by atoms with Crippen molar-refractivity contribution in [3.05, 3.63) is 45.4 Å². The predicted octanol–water partition coefficient (Wildman–Crippen LogP) is 2.77. The summed E-state index contributed by atoms with van der Waals surface area (Å²) in [7, 11) is 0. The van der Waals surface area contributed by atoms with Gasteiger partial charge in [-0.2, -0.15) is 0 Å². The molecule has 3 N–H and O–H groups in total. The summed E-state index contributed by atoms with van der Waals surface area (Å²) in [6, 6.07) is 2.32. The molecular weight excluding hydrogens is 276 g/mol. The number of hydrazine groups is 1. The van der Waals surface area contributed by atoms with E-state index < -0.39 is 0 Å². The van der Waals surface area contributed by atoms with Gasteiger partial charge in [-0.15, -0.1) is 22.7 Å². The van der Waals surface area contributed by atoms with E-state index in [1.807, 2.05) is 11.6 Å². The predicted molar refractivity (Wildman–Crippen MR) is 80.5 cm³/mol. The zero-order chi connectivity index (χ0) is 13.2. The molecule has 100 valence electrons. The first-order valence-electron chi connectivity index (χ1n) is 6.25. The first-order valence-corrected chi connectivity index (χ1v) is 8.01. The molecule has 0 radical (unpaired) electrons. The summed E-state index contributed by atoms with van der Waals surface area (Å²) in [5.74, 6) is 5.73. The van der Waals surface area contributed by atoms with Crippen molar-refractivity contribution in [3.63, 3.8) is 0 Å². The molecule has 1 unspecified atom stereocenters. The lowest BCUT2D eigenvalue weighted by Crippen LogP contribution is -2.29. The number of rotatable bonds is 5. The Balaban J connectivity index is 1.85. The first kappa shape index (κ1) is 12.8. The second-order valence-electron chi connectivity index (χ2n) is 4.41. The highest BCUT2D eigenvalue weighted by molar-refractivity contribution is 7.15. The van der Waals surface area contributed by atoms with Gasteiger partial charge >= 0.3 is 0 Å². The number of aryl methyl sites for hydroxylation is 1. The zero-order valence-electron chi connectivity index (χ0n) is 10.7. The van der Waals surface area contributed by atoms with Crippen molar-refractivity contribution >= 4 is 27.6 Å². The molecule has 0 aliphatic heterocycles. The van der Waals surface area contributed by atoms with Crippen LogP contribution in [0.1, 0.15) is 29.1 Å². The van der Waals surface area contributed by atoms with E-state index >= 15 is 0 Å². The topological polar surface area (TPSA) is 55.3 Å². The normalized spacial score (nSPS) is 13.2. The summed E-state index contributed by atoms with van der Waals surface area (Å²) < 4.78 is 2.06. The molecular formula is C13H16N4S2. The molecule has 3 aromatic heterocycles. The highest BCUT2D eigenvalue weighted by Gasteiger charge is 2.17. The summed E-state index contributed by atoms with van der Waals surface area (Å²) in [4.78, 5) is 6.97. The minimum absolute atomic E-state index is 0.138. The Hall–Kier alpha value is -1.21. The van der Waals surface area contributed by atoms with Gasteiger partial charge in [-0.3, -0.25) is 15.7 Å². The number of thiazole rings is 1. The Kier molecular flexibility index (Phi) is 3.65. The molecule has 3 aromatic rings. The molecule has 19 heavy (non-hydrogen) atoms. The van der Waals surface area contributed by atoms with Crippen LogP contribution in [0.15, 0.2) is 29.2 Å². The fourth-order valence-corrected chi connectivity index (χ4v) is 4.03. The Labute approximate surface area is 119 Å². The second-order valence-corrected chi connectivity index (χ2v) is 6.23. The molecule has 1 atom stereocenters. The molecule has 0 spiro atoms. The van der Waals surface area contributed by atoms with E-state index in [-0.39, 0.29) is 6.04 Å². The minimum Gasteiger partial charge on any atom is -0.297 e. The van der Waals surface area contributed by atoms with E-state index in [0.717, 1.165) is 23.5 Å². The second kappa shape index (κ2) is 5.42. The zero-order valence-corrected chi connectivity index (χ0v) is 12.3. The number of nitrogens with two attached hydrogens (primary N) is 1. The van der Waals surface area contributed by atoms with Gasteiger partial charge in [0.25, 0.3) is 0 Å². The van der Waals surface area contributed by atoms with Crippen molar-refractivity contribution < 1.29 is 0 Å². The average molecular weight is 292 g/mol. The lowest BCUT2D eigenvalue weighted by Gasteiger charge is -2.14. The molecule has 0 bridgehead atoms. The van der Waals surface area contributed by atoms with Crippen LogP contribution in [0.5, 0.6) is 0 Å². The van der Waals surface area contributed by atoms with E-state index in [0.29, 0.717) is 0 Å². The fourth-order valence-electron chi connectivity index (χ4n) is 2.26. The van der Waals surface area contributed by atoms with Gasteiger partial charge in [-0.1, -0.05) is 6.92 Å². The molecule has 3 rings (SSSR count). The number of nitrogens with one attached hydrogen (secondary N) is 1. The smallest absolute Gasteiger partial charge is 0.193 e. The van der Waals surface area contributed by atoms with Crippen LogP contribution in [0.25, 0.3) is 4.96 Å². The lowest BCUT2D eigenvalue weighted by molar-refractivity contribution is 0.552. The van der Waals surface area contributed by atoms with Gasteiger partial charge in [0.15, 0.2) is 4.96 Å². The van der Waals surface area contributed by atoms with Crippen molar-refractivity contribution in [2.24, 2.45) is 5.84 Å². The molecule has 0 saturated carbocycles. The molecule has 0 amide bonds. The number of thiophene rings is 1. The quantitative estimate of drug-likeness (QED) is 0.561. The minimum atomic E-state index is 0.138. The van der Waals surface area contributed by atoms with Crippen LogP contribution in [0.2, 0.25) is 0 Å². The van der Waals surface area contributed by atoms with Gasteiger partial charge < -0.3 is 0 Å².